The SMILES string of the molecule is Cc1nc(C(=O)n2ncc(C#N)c2N)c(C)s1. The minimum absolute atomic E-state index is 0.0440. The number of thiazole rings is 1. The van der Waals surface area contributed by atoms with Crippen molar-refractivity contribution >= 4 is 23.1 Å². The number of carbonyl (C=O) groups excluding carboxylic acids is 1. The van der Waals surface area contributed by atoms with Crippen LogP contribution in [0.15, 0.2) is 6.20 Å². The minimum Gasteiger partial charge on any atom is -0.382 e. The van der Waals surface area contributed by atoms with E-state index in [1.807, 2.05) is 19.9 Å². The molecule has 0 amide bonds. The van der Waals surface area contributed by atoms with Crippen LogP contribution in [0.4, 0.5) is 5.82 Å². The summed E-state index contributed by atoms with van der Waals surface area (Å²) in [4.78, 5) is 17.0. The van der Waals surface area contributed by atoms with E-state index in [1.165, 1.54) is 17.5 Å². The Morgan fingerprint density at radius 2 is 2.29 bits per heavy atom. The number of nitriles is 1. The van der Waals surface area contributed by atoms with Gasteiger partial charge in [-0.05, 0) is 13.8 Å². The maximum Gasteiger partial charge on any atom is 0.299 e. The van der Waals surface area contributed by atoms with Crippen LogP contribution in [0.5, 0.6) is 0 Å². The van der Waals surface area contributed by atoms with Gasteiger partial charge in [-0.2, -0.15) is 15.0 Å². The Morgan fingerprint density at radius 1 is 1.59 bits per heavy atom. The van der Waals surface area contributed by atoms with Gasteiger partial charge in [0.15, 0.2) is 0 Å². The summed E-state index contributed by atoms with van der Waals surface area (Å²) in [6, 6.07) is 1.86. The van der Waals surface area contributed by atoms with E-state index in [1.54, 1.807) is 0 Å². The van der Waals surface area contributed by atoms with Gasteiger partial charge in [0.1, 0.15) is 23.1 Å². The third-order valence-electron chi connectivity index (χ3n) is 2.23. The van der Waals surface area contributed by atoms with Crippen LogP contribution in [-0.2, 0) is 0 Å². The highest BCUT2D eigenvalue weighted by Crippen LogP contribution is 2.19. The molecule has 2 rings (SSSR count). The Kier molecular flexibility index (Phi) is 2.65. The Morgan fingerprint density at radius 3 is 2.76 bits per heavy atom. The number of nitrogens with two attached hydrogens (primary N) is 1. The topological polar surface area (TPSA) is 97.6 Å². The summed E-state index contributed by atoms with van der Waals surface area (Å²) < 4.78 is 1.00. The van der Waals surface area contributed by atoms with Crippen molar-refractivity contribution in [2.75, 3.05) is 5.73 Å². The second-order valence-electron chi connectivity index (χ2n) is 3.41. The molecule has 7 heteroatoms. The summed E-state index contributed by atoms with van der Waals surface area (Å²) in [5, 5.41) is 13.3. The number of anilines is 1. The van der Waals surface area contributed by atoms with Crippen molar-refractivity contribution in [2.24, 2.45) is 0 Å². The molecule has 0 fully saturated rings. The van der Waals surface area contributed by atoms with Gasteiger partial charge in [-0.15, -0.1) is 11.3 Å². The van der Waals surface area contributed by atoms with E-state index in [0.717, 1.165) is 14.6 Å². The van der Waals surface area contributed by atoms with E-state index < -0.39 is 5.91 Å². The van der Waals surface area contributed by atoms with Crippen LogP contribution < -0.4 is 5.73 Å². The lowest BCUT2D eigenvalue weighted by molar-refractivity contribution is 0.0943. The number of aromatic nitrogens is 3. The first kappa shape index (κ1) is 11.3. The van der Waals surface area contributed by atoms with Crippen molar-refractivity contribution in [3.05, 3.63) is 27.3 Å². The minimum atomic E-state index is -0.411. The second-order valence-corrected chi connectivity index (χ2v) is 4.82. The average molecular weight is 247 g/mol. The number of aryl methyl sites for hydroxylation is 2. The number of hydrogen-bond acceptors (Lipinski definition) is 6. The molecule has 0 bridgehead atoms. The number of carbonyl (C=O) groups is 1. The van der Waals surface area contributed by atoms with Gasteiger partial charge < -0.3 is 5.73 Å². The molecule has 2 aromatic heterocycles. The van der Waals surface area contributed by atoms with Crippen LogP contribution in [0.2, 0.25) is 0 Å². The second kappa shape index (κ2) is 3.99. The molecule has 0 atom stereocenters. The average Bonchev–Trinajstić information content (AvgIpc) is 2.81. The zero-order chi connectivity index (χ0) is 12.6. The fraction of sp³-hybridized carbons (Fsp3) is 0.200. The van der Waals surface area contributed by atoms with E-state index in [4.69, 9.17) is 11.0 Å². The largest absolute Gasteiger partial charge is 0.382 e. The van der Waals surface area contributed by atoms with Gasteiger partial charge in [0, 0.05) is 4.88 Å². The fourth-order valence-electron chi connectivity index (χ4n) is 1.43. The molecule has 2 heterocycles. The van der Waals surface area contributed by atoms with Crippen LogP contribution >= 0.6 is 11.3 Å². The molecule has 2 N–H and O–H groups in total. The third kappa shape index (κ3) is 1.79. The number of nitrogen functional groups attached to an aromatic ring is 1. The molecular weight excluding hydrogens is 238 g/mol. The molecular formula is C10H9N5OS. The lowest BCUT2D eigenvalue weighted by atomic mass is 10.3. The van der Waals surface area contributed by atoms with Crippen LogP contribution in [0.1, 0.15) is 25.9 Å². The van der Waals surface area contributed by atoms with Crippen molar-refractivity contribution in [2.45, 2.75) is 13.8 Å². The predicted molar refractivity (Wildman–Crippen MR) is 62.7 cm³/mol. The maximum atomic E-state index is 12.1. The van der Waals surface area contributed by atoms with Crippen LogP contribution in [0, 0.1) is 25.2 Å². The third-order valence-corrected chi connectivity index (χ3v) is 3.11. The summed E-state index contributed by atoms with van der Waals surface area (Å²) >= 11 is 1.43. The number of hydrogen-bond donors (Lipinski definition) is 1. The lowest BCUT2D eigenvalue weighted by Crippen LogP contribution is -2.17. The van der Waals surface area contributed by atoms with Gasteiger partial charge >= 0.3 is 0 Å². The smallest absolute Gasteiger partial charge is 0.299 e. The normalized spacial score (nSPS) is 10.2. The summed E-state index contributed by atoms with van der Waals surface area (Å²) in [6.45, 7) is 3.63. The summed E-state index contributed by atoms with van der Waals surface area (Å²) in [5.41, 5.74) is 6.15. The van der Waals surface area contributed by atoms with Gasteiger partial charge in [-0.25, -0.2) is 4.98 Å². The maximum absolute atomic E-state index is 12.1. The van der Waals surface area contributed by atoms with E-state index in [9.17, 15) is 4.79 Å². The van der Waals surface area contributed by atoms with Crippen molar-refractivity contribution in [3.8, 4) is 6.07 Å². The highest BCUT2D eigenvalue weighted by atomic mass is 32.1. The van der Waals surface area contributed by atoms with E-state index in [0.29, 0.717) is 5.69 Å². The monoisotopic (exact) mass is 247 g/mol. The zero-order valence-corrected chi connectivity index (χ0v) is 10.1. The van der Waals surface area contributed by atoms with Crippen LogP contribution in [-0.4, -0.2) is 20.7 Å². The van der Waals surface area contributed by atoms with Gasteiger partial charge in [-0.1, -0.05) is 0 Å². The molecule has 0 radical (unpaired) electrons. The summed E-state index contributed by atoms with van der Waals surface area (Å²) in [5.74, 6) is -0.367. The number of rotatable bonds is 1. The quantitative estimate of drug-likeness (QED) is 0.813. The highest BCUT2D eigenvalue weighted by molar-refractivity contribution is 7.11. The molecule has 0 unspecified atom stereocenters. The predicted octanol–water partition coefficient (Wildman–Crippen LogP) is 1.10. The van der Waals surface area contributed by atoms with E-state index in [2.05, 4.69) is 10.1 Å². The van der Waals surface area contributed by atoms with Crippen molar-refractivity contribution in [1.82, 2.24) is 14.8 Å². The molecule has 0 aliphatic heterocycles. The molecule has 6 nitrogen and oxygen atoms in total. The van der Waals surface area contributed by atoms with Crippen molar-refractivity contribution in [3.63, 3.8) is 0 Å². The zero-order valence-electron chi connectivity index (χ0n) is 9.26. The number of nitrogens with zero attached hydrogens (tertiary/aromatic N) is 4. The summed E-state index contributed by atoms with van der Waals surface area (Å²) in [7, 11) is 0. The Labute approximate surface area is 101 Å². The fourth-order valence-corrected chi connectivity index (χ4v) is 2.24. The molecule has 0 aliphatic rings. The molecule has 17 heavy (non-hydrogen) atoms. The first-order chi connectivity index (χ1) is 8.04. The Hall–Kier alpha value is -2.20. The molecule has 0 aliphatic carbocycles. The summed E-state index contributed by atoms with van der Waals surface area (Å²) in [6.07, 6.45) is 1.27. The standard InChI is InChI=1S/C10H9N5OS/c1-5-8(14-6(2)17-5)10(16)15-9(12)7(3-11)4-13-15/h4H,12H2,1-2H3. The van der Waals surface area contributed by atoms with Gasteiger partial charge in [0.25, 0.3) is 5.91 Å². The van der Waals surface area contributed by atoms with Gasteiger partial charge in [0.05, 0.1) is 11.2 Å². The molecule has 86 valence electrons. The first-order valence-electron chi connectivity index (χ1n) is 4.77. The van der Waals surface area contributed by atoms with Gasteiger partial charge in [0.2, 0.25) is 0 Å². The van der Waals surface area contributed by atoms with E-state index in [-0.39, 0.29) is 11.4 Å². The molecule has 0 spiro atoms. The first-order valence-corrected chi connectivity index (χ1v) is 5.58. The van der Waals surface area contributed by atoms with E-state index >= 15 is 0 Å². The lowest BCUT2D eigenvalue weighted by Gasteiger charge is -2.00. The van der Waals surface area contributed by atoms with Gasteiger partial charge in [-0.3, -0.25) is 4.79 Å². The van der Waals surface area contributed by atoms with Crippen LogP contribution in [0.3, 0.4) is 0 Å². The van der Waals surface area contributed by atoms with Crippen molar-refractivity contribution in [1.29, 1.82) is 5.26 Å². The highest BCUT2D eigenvalue weighted by Gasteiger charge is 2.20. The Bertz CT molecular complexity index is 634. The Balaban J connectivity index is 2.48. The molecule has 0 aromatic carbocycles. The molecule has 0 saturated carbocycles. The van der Waals surface area contributed by atoms with Crippen molar-refractivity contribution < 1.29 is 4.79 Å². The molecule has 0 saturated heterocycles. The molecule has 2 aromatic rings. The van der Waals surface area contributed by atoms with Crippen LogP contribution in [0.25, 0.3) is 0 Å².